The molecule has 3 heterocycles. The second kappa shape index (κ2) is 19.9. The van der Waals surface area contributed by atoms with Crippen LogP contribution in [0.5, 0.6) is 0 Å². The zero-order valence-corrected chi connectivity index (χ0v) is 33.5. The molecule has 0 saturated carbocycles. The maximum atomic E-state index is 14.9. The van der Waals surface area contributed by atoms with Crippen molar-refractivity contribution < 1.29 is 32.7 Å². The van der Waals surface area contributed by atoms with Crippen molar-refractivity contribution in [3.8, 4) is 0 Å². The SMILES string of the molecule is CC(=O)N1CCN(c2ccc(CN(C(=O)C=Cc3ccc(C(F)(F)F)nc3)C(Cc3ccccc3)C(=O)N3CCN([C@@H](c4ccccc4)N(C)CCO)CC3)cc2)CC1. The lowest BCUT2D eigenvalue weighted by atomic mass is 10.0. The first kappa shape index (κ1) is 43.0. The highest BCUT2D eigenvalue weighted by atomic mass is 19.4. The monoisotopic (exact) mass is 811 g/mol. The Hall–Kier alpha value is -5.57. The number of halogens is 3. The number of amides is 3. The number of likely N-dealkylation sites (N-methyl/N-ethyl adjacent to an activating group) is 1. The summed E-state index contributed by atoms with van der Waals surface area (Å²) >= 11 is 0. The smallest absolute Gasteiger partial charge is 0.395 e. The Morgan fingerprint density at radius 2 is 1.42 bits per heavy atom. The highest BCUT2D eigenvalue weighted by molar-refractivity contribution is 5.95. The molecule has 1 aromatic heterocycles. The number of rotatable bonds is 14. The molecule has 14 heteroatoms. The number of aliphatic hydroxyl groups excluding tert-OH is 1. The van der Waals surface area contributed by atoms with Crippen molar-refractivity contribution in [2.45, 2.75) is 38.3 Å². The summed E-state index contributed by atoms with van der Waals surface area (Å²) in [6.07, 6.45) is -0.685. The summed E-state index contributed by atoms with van der Waals surface area (Å²) in [7, 11) is 1.97. The van der Waals surface area contributed by atoms with Gasteiger partial charge in [0.25, 0.3) is 0 Å². The van der Waals surface area contributed by atoms with Gasteiger partial charge in [0.1, 0.15) is 11.7 Å². The van der Waals surface area contributed by atoms with E-state index in [-0.39, 0.29) is 37.6 Å². The van der Waals surface area contributed by atoms with Crippen LogP contribution in [0.15, 0.2) is 109 Å². The topological polar surface area (TPSA) is 104 Å². The lowest BCUT2D eigenvalue weighted by molar-refractivity contribution is -0.146. The number of carbonyl (C=O) groups is 3. The quantitative estimate of drug-likeness (QED) is 0.174. The van der Waals surface area contributed by atoms with Gasteiger partial charge in [0.05, 0.1) is 12.8 Å². The van der Waals surface area contributed by atoms with Crippen LogP contribution in [-0.2, 0) is 33.5 Å². The van der Waals surface area contributed by atoms with E-state index in [9.17, 15) is 32.7 Å². The number of piperazine rings is 2. The first-order valence-electron chi connectivity index (χ1n) is 20.0. The van der Waals surface area contributed by atoms with E-state index < -0.39 is 23.8 Å². The van der Waals surface area contributed by atoms with E-state index in [1.165, 1.54) is 18.2 Å². The molecule has 1 N–H and O–H groups in total. The fraction of sp³-hybridized carbons (Fsp3) is 0.378. The van der Waals surface area contributed by atoms with Crippen molar-refractivity contribution in [1.29, 1.82) is 0 Å². The molecule has 0 spiro atoms. The van der Waals surface area contributed by atoms with Crippen LogP contribution in [0.3, 0.4) is 0 Å². The molecule has 0 bridgehead atoms. The number of benzene rings is 3. The van der Waals surface area contributed by atoms with Gasteiger partial charge in [-0.2, -0.15) is 13.2 Å². The third kappa shape index (κ3) is 11.3. The van der Waals surface area contributed by atoms with E-state index in [0.717, 1.165) is 34.6 Å². The van der Waals surface area contributed by atoms with Crippen LogP contribution in [0.25, 0.3) is 6.08 Å². The molecule has 2 saturated heterocycles. The average Bonchev–Trinajstić information content (AvgIpc) is 3.25. The van der Waals surface area contributed by atoms with Crippen LogP contribution in [0.2, 0.25) is 0 Å². The van der Waals surface area contributed by atoms with Gasteiger partial charge in [-0.25, -0.2) is 0 Å². The Morgan fingerprint density at radius 3 is 2.00 bits per heavy atom. The minimum Gasteiger partial charge on any atom is -0.395 e. The number of pyridine rings is 1. The summed E-state index contributed by atoms with van der Waals surface area (Å²) in [6.45, 7) is 6.76. The number of alkyl halides is 3. The van der Waals surface area contributed by atoms with Crippen LogP contribution in [0.4, 0.5) is 18.9 Å². The Morgan fingerprint density at radius 1 is 0.797 bits per heavy atom. The fourth-order valence-corrected chi connectivity index (χ4v) is 7.78. The largest absolute Gasteiger partial charge is 0.433 e. The first-order chi connectivity index (χ1) is 28.4. The molecule has 2 aliphatic rings. The molecule has 6 rings (SSSR count). The number of hydrogen-bond donors (Lipinski definition) is 1. The highest BCUT2D eigenvalue weighted by Gasteiger charge is 2.36. The molecule has 312 valence electrons. The Bertz CT molecular complexity index is 2000. The van der Waals surface area contributed by atoms with Crippen molar-refractivity contribution >= 4 is 29.5 Å². The molecular weight excluding hydrogens is 760 g/mol. The Labute approximate surface area is 343 Å². The fourth-order valence-electron chi connectivity index (χ4n) is 7.78. The van der Waals surface area contributed by atoms with Gasteiger partial charge in [0, 0.05) is 96.8 Å². The van der Waals surface area contributed by atoms with Crippen molar-refractivity contribution in [3.63, 3.8) is 0 Å². The summed E-state index contributed by atoms with van der Waals surface area (Å²) in [5.74, 6) is -0.625. The minimum atomic E-state index is -4.60. The van der Waals surface area contributed by atoms with Gasteiger partial charge < -0.3 is 24.7 Å². The van der Waals surface area contributed by atoms with Crippen LogP contribution in [0, 0.1) is 0 Å². The molecular formula is C45H52F3N7O4. The summed E-state index contributed by atoms with van der Waals surface area (Å²) in [4.78, 5) is 56.4. The van der Waals surface area contributed by atoms with Crippen molar-refractivity contribution in [1.82, 2.24) is 29.5 Å². The predicted octanol–water partition coefficient (Wildman–Crippen LogP) is 5.19. The Kier molecular flexibility index (Phi) is 14.5. The zero-order valence-electron chi connectivity index (χ0n) is 33.5. The van der Waals surface area contributed by atoms with E-state index in [2.05, 4.69) is 31.8 Å². The minimum absolute atomic E-state index is 0.00792. The molecule has 0 aliphatic carbocycles. The van der Waals surface area contributed by atoms with Crippen LogP contribution < -0.4 is 4.90 Å². The molecule has 1 unspecified atom stereocenters. The van der Waals surface area contributed by atoms with Crippen molar-refractivity contribution in [2.75, 3.05) is 77.5 Å². The van der Waals surface area contributed by atoms with Gasteiger partial charge in [0.2, 0.25) is 17.7 Å². The van der Waals surface area contributed by atoms with Gasteiger partial charge in [-0.05, 0) is 53.6 Å². The summed E-state index contributed by atoms with van der Waals surface area (Å²) < 4.78 is 39.6. The molecule has 3 aromatic carbocycles. The molecule has 0 radical (unpaired) electrons. The second-order valence-corrected chi connectivity index (χ2v) is 15.0. The van der Waals surface area contributed by atoms with E-state index in [4.69, 9.17) is 0 Å². The van der Waals surface area contributed by atoms with Crippen LogP contribution in [0.1, 0.15) is 41.0 Å². The zero-order chi connectivity index (χ0) is 41.9. The number of carbonyl (C=O) groups excluding carboxylic acids is 3. The Balaban J connectivity index is 1.27. The van der Waals surface area contributed by atoms with E-state index in [1.807, 2.05) is 89.6 Å². The molecule has 3 amide bonds. The molecule has 2 fully saturated rings. The number of aliphatic hydroxyl groups is 1. The van der Waals surface area contributed by atoms with Gasteiger partial charge in [-0.1, -0.05) is 78.9 Å². The predicted molar refractivity (Wildman–Crippen MR) is 221 cm³/mol. The maximum Gasteiger partial charge on any atom is 0.433 e. The van der Waals surface area contributed by atoms with Gasteiger partial charge in [0.15, 0.2) is 0 Å². The number of aromatic nitrogens is 1. The van der Waals surface area contributed by atoms with E-state index >= 15 is 0 Å². The lowest BCUT2D eigenvalue weighted by Gasteiger charge is -2.44. The standard InChI is InChI=1S/C45H52F3N7O4/c1-34(57)51-21-23-52(24-22-51)39-17-13-37(14-18-39)33-55(42(58)20-16-36-15-19-41(49-32-36)45(46,47)48)40(31-35-9-5-3-6-10-35)44(59)54-27-25-53(26-28-54)43(50(2)29-30-56)38-11-7-4-8-12-38/h3-20,32,40,43,56H,21-31,33H2,1-2H3/t40?,43-/m0/s1. The summed E-state index contributed by atoms with van der Waals surface area (Å²) in [6, 6.07) is 28.6. The molecule has 59 heavy (non-hydrogen) atoms. The average molecular weight is 812 g/mol. The normalized spacial score (nSPS) is 16.4. The third-order valence-corrected chi connectivity index (χ3v) is 11.0. The molecule has 11 nitrogen and oxygen atoms in total. The van der Waals surface area contributed by atoms with Gasteiger partial charge in [-0.15, -0.1) is 0 Å². The highest BCUT2D eigenvalue weighted by Crippen LogP contribution is 2.29. The van der Waals surface area contributed by atoms with E-state index in [1.54, 1.807) is 11.8 Å². The second-order valence-electron chi connectivity index (χ2n) is 15.0. The van der Waals surface area contributed by atoms with Crippen LogP contribution >= 0.6 is 0 Å². The van der Waals surface area contributed by atoms with Crippen molar-refractivity contribution in [2.24, 2.45) is 0 Å². The number of anilines is 1. The molecule has 2 aliphatic heterocycles. The molecule has 4 aromatic rings. The summed E-state index contributed by atoms with van der Waals surface area (Å²) in [5, 5.41) is 9.76. The van der Waals surface area contributed by atoms with Crippen LogP contribution in [-0.4, -0.2) is 131 Å². The number of nitrogens with zero attached hydrogens (tertiary/aromatic N) is 7. The van der Waals surface area contributed by atoms with E-state index in [0.29, 0.717) is 64.5 Å². The number of hydrogen-bond acceptors (Lipinski definition) is 8. The lowest BCUT2D eigenvalue weighted by Crippen LogP contribution is -2.57. The van der Waals surface area contributed by atoms with Gasteiger partial charge in [-0.3, -0.25) is 29.2 Å². The summed E-state index contributed by atoms with van der Waals surface area (Å²) in [5.41, 5.74) is 3.01. The molecule has 2 atom stereocenters. The first-order valence-corrected chi connectivity index (χ1v) is 20.0. The maximum absolute atomic E-state index is 14.9. The van der Waals surface area contributed by atoms with Crippen molar-refractivity contribution in [3.05, 3.63) is 137 Å². The third-order valence-electron chi connectivity index (χ3n) is 11.0. The van der Waals surface area contributed by atoms with Gasteiger partial charge >= 0.3 is 6.18 Å².